The quantitative estimate of drug-likeness (QED) is 0.742. The molecule has 2 aromatic rings. The van der Waals surface area contributed by atoms with Crippen molar-refractivity contribution < 1.29 is 19.4 Å². The highest BCUT2D eigenvalue weighted by atomic mass is 79.9. The molecule has 1 amide bonds. The summed E-state index contributed by atoms with van der Waals surface area (Å²) in [6.45, 7) is 7.08. The van der Waals surface area contributed by atoms with Crippen LogP contribution in [0.4, 0.5) is 4.79 Å². The molecule has 1 N–H and O–H groups in total. The van der Waals surface area contributed by atoms with E-state index in [2.05, 4.69) is 26.2 Å². The number of benzene rings is 1. The van der Waals surface area contributed by atoms with Crippen LogP contribution in [0, 0.1) is 5.92 Å². The summed E-state index contributed by atoms with van der Waals surface area (Å²) >= 11 is 3.58. The number of carbonyl (C=O) groups is 1. The molecule has 0 unspecified atom stereocenters. The fourth-order valence-corrected chi connectivity index (χ4v) is 3.94. The smallest absolute Gasteiger partial charge is 0.410 e. The van der Waals surface area contributed by atoms with Gasteiger partial charge in [-0.05, 0) is 74.0 Å². The van der Waals surface area contributed by atoms with Crippen LogP contribution in [-0.2, 0) is 11.3 Å². The number of rotatable bonds is 4. The first-order valence-electron chi connectivity index (χ1n) is 10.1. The van der Waals surface area contributed by atoms with Crippen LogP contribution in [-0.4, -0.2) is 62.0 Å². The molecule has 0 radical (unpaired) electrons. The maximum Gasteiger partial charge on any atom is 0.410 e. The molecule has 4 rings (SSSR count). The van der Waals surface area contributed by atoms with Crippen LogP contribution in [0.25, 0.3) is 11.0 Å². The van der Waals surface area contributed by atoms with Crippen LogP contribution < -0.4 is 4.74 Å². The Balaban J connectivity index is 1.49. The summed E-state index contributed by atoms with van der Waals surface area (Å²) in [5, 5.41) is 19.0. The summed E-state index contributed by atoms with van der Waals surface area (Å²) in [5.74, 6) is 1.27. The largest absolute Gasteiger partial charge is 0.485 e. The number of carbonyl (C=O) groups excluding carboxylic acids is 1. The number of aliphatic hydroxyl groups excluding tert-OH is 1. The van der Waals surface area contributed by atoms with Gasteiger partial charge in [-0.25, -0.2) is 9.48 Å². The zero-order chi connectivity index (χ0) is 20.8. The number of fused-ring (bicyclic) bond motifs is 1. The van der Waals surface area contributed by atoms with Crippen molar-refractivity contribution in [1.29, 1.82) is 0 Å². The normalized spacial score (nSPS) is 22.7. The Morgan fingerprint density at radius 3 is 2.76 bits per heavy atom. The molecule has 1 saturated carbocycles. The topological polar surface area (TPSA) is 89.7 Å². The summed E-state index contributed by atoms with van der Waals surface area (Å²) in [6, 6.07) is 3.80. The second-order valence-corrected chi connectivity index (χ2v) is 9.69. The predicted molar refractivity (Wildman–Crippen MR) is 111 cm³/mol. The maximum atomic E-state index is 12.4. The van der Waals surface area contributed by atoms with Gasteiger partial charge in [0.15, 0.2) is 0 Å². The van der Waals surface area contributed by atoms with Crippen LogP contribution in [0.5, 0.6) is 5.75 Å². The first-order valence-corrected chi connectivity index (χ1v) is 10.8. The molecular weight excluding hydrogens is 440 g/mol. The summed E-state index contributed by atoms with van der Waals surface area (Å²) in [6.07, 6.45) is 1.32. The number of hydrogen-bond donors (Lipinski definition) is 1. The number of halogens is 1. The van der Waals surface area contributed by atoms with Gasteiger partial charge in [-0.2, -0.15) is 0 Å². The fourth-order valence-electron chi connectivity index (χ4n) is 3.43. The molecule has 8 nitrogen and oxygen atoms in total. The van der Waals surface area contributed by atoms with E-state index in [0.717, 1.165) is 17.6 Å². The number of aromatic nitrogens is 3. The first kappa shape index (κ1) is 20.4. The van der Waals surface area contributed by atoms with Gasteiger partial charge < -0.3 is 19.5 Å². The van der Waals surface area contributed by atoms with Gasteiger partial charge in [0.25, 0.3) is 0 Å². The first-order chi connectivity index (χ1) is 13.7. The summed E-state index contributed by atoms with van der Waals surface area (Å²) in [4.78, 5) is 14.0. The van der Waals surface area contributed by atoms with Crippen LogP contribution in [0.3, 0.4) is 0 Å². The average Bonchev–Trinajstić information content (AvgIpc) is 3.36. The van der Waals surface area contributed by atoms with E-state index in [1.165, 1.54) is 12.8 Å². The Morgan fingerprint density at radius 2 is 2.07 bits per heavy atom. The second-order valence-electron chi connectivity index (χ2n) is 8.90. The lowest BCUT2D eigenvalue weighted by Gasteiger charge is -2.36. The van der Waals surface area contributed by atoms with Crippen molar-refractivity contribution in [1.82, 2.24) is 19.9 Å². The monoisotopic (exact) mass is 466 g/mol. The Hall–Kier alpha value is -1.87. The van der Waals surface area contributed by atoms with Crippen LogP contribution in [0.2, 0.25) is 0 Å². The molecule has 2 aliphatic rings. The minimum absolute atomic E-state index is 0.259. The number of ether oxygens (including phenoxy) is 2. The number of hydrogen-bond acceptors (Lipinski definition) is 6. The van der Waals surface area contributed by atoms with Crippen molar-refractivity contribution in [3.63, 3.8) is 0 Å². The molecule has 1 saturated heterocycles. The SMILES string of the molecule is CC(C)(C)OC(=O)N1CC[C@H](O)[C@@H](Oc2ccc3c(nnn3CC3CC3)c2Br)C1. The number of amides is 1. The molecule has 9 heteroatoms. The minimum Gasteiger partial charge on any atom is -0.485 e. The summed E-state index contributed by atoms with van der Waals surface area (Å²) < 4.78 is 14.2. The predicted octanol–water partition coefficient (Wildman–Crippen LogP) is 3.35. The zero-order valence-electron chi connectivity index (χ0n) is 17.0. The van der Waals surface area contributed by atoms with Gasteiger partial charge in [-0.15, -0.1) is 5.10 Å². The van der Waals surface area contributed by atoms with Gasteiger partial charge in [0.1, 0.15) is 23.0 Å². The second kappa shape index (κ2) is 7.75. The molecule has 0 spiro atoms. The van der Waals surface area contributed by atoms with E-state index in [-0.39, 0.29) is 6.54 Å². The Labute approximate surface area is 178 Å². The molecule has 1 aromatic carbocycles. The molecule has 1 aromatic heterocycles. The lowest BCUT2D eigenvalue weighted by molar-refractivity contribution is -0.0367. The van der Waals surface area contributed by atoms with Crippen molar-refractivity contribution in [3.05, 3.63) is 16.6 Å². The molecule has 2 fully saturated rings. The third-order valence-electron chi connectivity index (χ3n) is 5.17. The van der Waals surface area contributed by atoms with E-state index < -0.39 is 23.9 Å². The van der Waals surface area contributed by atoms with Gasteiger partial charge in [-0.1, -0.05) is 5.21 Å². The highest BCUT2D eigenvalue weighted by molar-refractivity contribution is 9.10. The van der Waals surface area contributed by atoms with E-state index in [1.807, 2.05) is 37.6 Å². The lowest BCUT2D eigenvalue weighted by atomic mass is 10.1. The fraction of sp³-hybridized carbons (Fsp3) is 0.650. The van der Waals surface area contributed by atoms with Gasteiger partial charge in [-0.3, -0.25) is 0 Å². The highest BCUT2D eigenvalue weighted by Crippen LogP contribution is 2.35. The van der Waals surface area contributed by atoms with Crippen molar-refractivity contribution in [2.45, 2.75) is 64.4 Å². The number of likely N-dealkylation sites (tertiary alicyclic amines) is 1. The van der Waals surface area contributed by atoms with E-state index in [0.29, 0.717) is 29.1 Å². The zero-order valence-corrected chi connectivity index (χ0v) is 18.6. The Kier molecular flexibility index (Phi) is 5.46. The van der Waals surface area contributed by atoms with E-state index in [1.54, 1.807) is 4.90 Å². The maximum absolute atomic E-state index is 12.4. The third kappa shape index (κ3) is 4.66. The number of nitrogens with zero attached hydrogens (tertiary/aromatic N) is 4. The molecule has 1 aliphatic heterocycles. The van der Waals surface area contributed by atoms with E-state index in [4.69, 9.17) is 9.47 Å². The lowest BCUT2D eigenvalue weighted by Crippen LogP contribution is -2.52. The van der Waals surface area contributed by atoms with Crippen LogP contribution >= 0.6 is 15.9 Å². The molecular formula is C20H27BrN4O4. The third-order valence-corrected chi connectivity index (χ3v) is 5.94. The standard InChI is InChI=1S/C20H27BrN4O4/c1-20(2,3)29-19(27)24-9-8-14(26)16(11-24)28-15-7-6-13-18(17(15)21)22-23-25(13)10-12-4-5-12/h6-7,12,14,16,26H,4-5,8-11H2,1-3H3/t14-,16-/m0/s1. The molecule has 2 heterocycles. The van der Waals surface area contributed by atoms with Gasteiger partial charge >= 0.3 is 6.09 Å². The van der Waals surface area contributed by atoms with Crippen molar-refractivity contribution in [2.24, 2.45) is 5.92 Å². The molecule has 1 aliphatic carbocycles. The highest BCUT2D eigenvalue weighted by Gasteiger charge is 2.34. The van der Waals surface area contributed by atoms with E-state index >= 15 is 0 Å². The number of aliphatic hydroxyl groups is 1. The Bertz CT molecular complexity index is 906. The van der Waals surface area contributed by atoms with Crippen LogP contribution in [0.1, 0.15) is 40.0 Å². The molecule has 158 valence electrons. The van der Waals surface area contributed by atoms with Crippen LogP contribution in [0.15, 0.2) is 16.6 Å². The molecule has 29 heavy (non-hydrogen) atoms. The van der Waals surface area contributed by atoms with Gasteiger partial charge in [0.2, 0.25) is 0 Å². The Morgan fingerprint density at radius 1 is 1.31 bits per heavy atom. The summed E-state index contributed by atoms with van der Waals surface area (Å²) in [5.41, 5.74) is 1.12. The van der Waals surface area contributed by atoms with Crippen molar-refractivity contribution >= 4 is 33.1 Å². The van der Waals surface area contributed by atoms with Gasteiger partial charge in [0, 0.05) is 13.1 Å². The van der Waals surface area contributed by atoms with E-state index in [9.17, 15) is 9.90 Å². The number of piperidine rings is 1. The molecule has 2 atom stereocenters. The molecule has 0 bridgehead atoms. The van der Waals surface area contributed by atoms with Crippen molar-refractivity contribution in [2.75, 3.05) is 13.1 Å². The summed E-state index contributed by atoms with van der Waals surface area (Å²) in [7, 11) is 0. The minimum atomic E-state index is -0.665. The average molecular weight is 467 g/mol. The van der Waals surface area contributed by atoms with Crippen molar-refractivity contribution in [3.8, 4) is 5.75 Å². The van der Waals surface area contributed by atoms with Gasteiger partial charge in [0.05, 0.1) is 22.6 Å².